The van der Waals surface area contributed by atoms with Gasteiger partial charge in [0.1, 0.15) is 5.60 Å². The topological polar surface area (TPSA) is 97.4 Å². The van der Waals surface area contributed by atoms with E-state index in [0.29, 0.717) is 31.7 Å². The molecule has 1 saturated carbocycles. The summed E-state index contributed by atoms with van der Waals surface area (Å²) in [6.07, 6.45) is 8.84. The van der Waals surface area contributed by atoms with Crippen LogP contribution in [-0.4, -0.2) is 80.0 Å². The predicted octanol–water partition coefficient (Wildman–Crippen LogP) is 5.29. The number of ether oxygens (including phenoxy) is 1. The number of amides is 1. The molecule has 1 aliphatic carbocycles. The number of halogens is 3. The Labute approximate surface area is 277 Å². The highest BCUT2D eigenvalue weighted by Crippen LogP contribution is 2.41. The average molecular weight is 664 g/mol. The van der Waals surface area contributed by atoms with Crippen molar-refractivity contribution in [1.82, 2.24) is 29.3 Å². The zero-order chi connectivity index (χ0) is 28.2. The predicted molar refractivity (Wildman–Crippen MR) is 179 cm³/mol. The number of imidazole rings is 2. The SMILES string of the molecule is COC[C@]1(O)CCCC[C@H]1n1cnc(C(=O)N2CCNC[C@H]2Cn2cncc2-c2ccccc2)c1-c1ccccc1.Cl.Cl.Cl. The van der Waals surface area contributed by atoms with Crippen LogP contribution in [0.2, 0.25) is 0 Å². The Kier molecular flexibility index (Phi) is 12.8. The summed E-state index contributed by atoms with van der Waals surface area (Å²) in [6, 6.07) is 19.8. The molecule has 1 saturated heterocycles. The highest BCUT2D eigenvalue weighted by atomic mass is 35.5. The maximum atomic E-state index is 14.4. The van der Waals surface area contributed by atoms with Crippen molar-refractivity contribution in [2.24, 2.45) is 0 Å². The van der Waals surface area contributed by atoms with Crippen molar-refractivity contribution in [2.45, 2.75) is 49.9 Å². The summed E-state index contributed by atoms with van der Waals surface area (Å²) < 4.78 is 9.61. The second kappa shape index (κ2) is 15.9. The van der Waals surface area contributed by atoms with Crippen LogP contribution in [0.25, 0.3) is 22.5 Å². The van der Waals surface area contributed by atoms with Crippen LogP contribution in [0.3, 0.4) is 0 Å². The molecule has 0 bridgehead atoms. The van der Waals surface area contributed by atoms with Crippen LogP contribution in [0.15, 0.2) is 79.5 Å². The van der Waals surface area contributed by atoms with E-state index in [9.17, 15) is 9.90 Å². The number of hydrogen-bond donors (Lipinski definition) is 2. The van der Waals surface area contributed by atoms with E-state index in [1.807, 2.05) is 70.5 Å². The van der Waals surface area contributed by atoms with E-state index in [-0.39, 0.29) is 61.8 Å². The van der Waals surface area contributed by atoms with Gasteiger partial charge in [0.25, 0.3) is 5.91 Å². The van der Waals surface area contributed by atoms with Crippen LogP contribution in [-0.2, 0) is 11.3 Å². The van der Waals surface area contributed by atoms with Crippen molar-refractivity contribution in [3.8, 4) is 22.5 Å². The number of carbonyl (C=O) groups excluding carboxylic acids is 1. The molecule has 2 aromatic heterocycles. The standard InChI is InChI=1S/C32H38N6O3.3ClH/c1-41-21-32(40)15-9-8-14-28(32)38-23-35-29(30(38)25-12-6-3-7-13-25)31(39)37-17-16-33-18-26(37)20-36-22-34-19-27(36)24-10-4-2-5-11-24;;;/h2-7,10-13,19,22-23,26,28,33,40H,8-9,14-18,20-21H2,1H3;3*1H/t26-,28+,32+;;;/m0.../s1. The third-order valence-corrected chi connectivity index (χ3v) is 8.53. The van der Waals surface area contributed by atoms with Crippen molar-refractivity contribution < 1.29 is 14.6 Å². The summed E-state index contributed by atoms with van der Waals surface area (Å²) in [6.45, 7) is 2.82. The quantitative estimate of drug-likeness (QED) is 0.266. The normalized spacial score (nSPS) is 21.5. The van der Waals surface area contributed by atoms with Crippen molar-refractivity contribution in [1.29, 1.82) is 0 Å². The molecule has 238 valence electrons. The number of aliphatic hydroxyl groups is 1. The fourth-order valence-corrected chi connectivity index (χ4v) is 6.53. The van der Waals surface area contributed by atoms with Crippen LogP contribution in [0.5, 0.6) is 0 Å². The van der Waals surface area contributed by atoms with E-state index in [1.54, 1.807) is 13.4 Å². The fraction of sp³-hybridized carbons (Fsp3) is 0.406. The molecular formula is C32H41Cl3N6O3. The van der Waals surface area contributed by atoms with Crippen LogP contribution < -0.4 is 5.32 Å². The minimum Gasteiger partial charge on any atom is -0.385 e. The van der Waals surface area contributed by atoms with Gasteiger partial charge in [-0.1, -0.05) is 73.5 Å². The van der Waals surface area contributed by atoms with E-state index in [0.717, 1.165) is 48.3 Å². The van der Waals surface area contributed by atoms with Gasteiger partial charge in [0.05, 0.1) is 48.9 Å². The molecule has 9 nitrogen and oxygen atoms in total. The number of methoxy groups -OCH3 is 1. The first-order valence-electron chi connectivity index (χ1n) is 14.5. The number of nitrogens with zero attached hydrogens (tertiary/aromatic N) is 5. The number of nitrogens with one attached hydrogen (secondary N) is 1. The maximum absolute atomic E-state index is 14.4. The first-order valence-corrected chi connectivity index (χ1v) is 14.5. The molecule has 2 N–H and O–H groups in total. The Hall–Kier alpha value is -2.92. The fourth-order valence-electron chi connectivity index (χ4n) is 6.53. The molecule has 0 spiro atoms. The first kappa shape index (κ1) is 35.6. The maximum Gasteiger partial charge on any atom is 0.275 e. The van der Waals surface area contributed by atoms with Gasteiger partial charge in [0.2, 0.25) is 0 Å². The summed E-state index contributed by atoms with van der Waals surface area (Å²) in [5.41, 5.74) is 3.17. The van der Waals surface area contributed by atoms with Crippen molar-refractivity contribution in [3.05, 3.63) is 85.2 Å². The highest BCUT2D eigenvalue weighted by molar-refractivity contribution is 5.98. The summed E-state index contributed by atoms with van der Waals surface area (Å²) in [5, 5.41) is 15.1. The Morgan fingerprint density at radius 2 is 1.73 bits per heavy atom. The third-order valence-electron chi connectivity index (χ3n) is 8.53. The molecule has 0 radical (unpaired) electrons. The molecule has 1 aliphatic heterocycles. The molecule has 3 heterocycles. The minimum absolute atomic E-state index is 0. The van der Waals surface area contributed by atoms with E-state index in [1.165, 1.54) is 0 Å². The Balaban J connectivity index is 0.00000176. The molecule has 6 rings (SSSR count). The van der Waals surface area contributed by atoms with Gasteiger partial charge >= 0.3 is 0 Å². The molecule has 4 aromatic rings. The highest BCUT2D eigenvalue weighted by Gasteiger charge is 2.42. The minimum atomic E-state index is -1.02. The smallest absolute Gasteiger partial charge is 0.275 e. The van der Waals surface area contributed by atoms with Crippen LogP contribution in [0.1, 0.15) is 42.2 Å². The molecule has 0 unspecified atom stereocenters. The van der Waals surface area contributed by atoms with Crippen LogP contribution in [0.4, 0.5) is 0 Å². The molecule has 3 atom stereocenters. The molecule has 2 aliphatic rings. The number of hydrogen-bond acceptors (Lipinski definition) is 6. The van der Waals surface area contributed by atoms with Crippen LogP contribution >= 0.6 is 37.2 Å². The Bertz CT molecular complexity index is 1460. The number of carbonyl (C=O) groups is 1. The largest absolute Gasteiger partial charge is 0.385 e. The molecule has 12 heteroatoms. The van der Waals surface area contributed by atoms with Gasteiger partial charge in [-0.05, 0) is 18.4 Å². The molecule has 1 amide bonds. The first-order chi connectivity index (χ1) is 20.1. The third kappa shape index (κ3) is 7.14. The van der Waals surface area contributed by atoms with Crippen molar-refractivity contribution in [3.63, 3.8) is 0 Å². The van der Waals surface area contributed by atoms with E-state index >= 15 is 0 Å². The number of benzene rings is 2. The second-order valence-electron chi connectivity index (χ2n) is 11.2. The molecule has 2 aromatic carbocycles. The van der Waals surface area contributed by atoms with Crippen molar-refractivity contribution in [2.75, 3.05) is 33.4 Å². The van der Waals surface area contributed by atoms with E-state index in [2.05, 4.69) is 27.0 Å². The summed E-state index contributed by atoms with van der Waals surface area (Å²) in [7, 11) is 1.62. The number of rotatable bonds is 8. The lowest BCUT2D eigenvalue weighted by Crippen LogP contribution is -2.55. The molecule has 2 fully saturated rings. The van der Waals surface area contributed by atoms with Crippen molar-refractivity contribution >= 4 is 43.1 Å². The van der Waals surface area contributed by atoms with Gasteiger partial charge in [-0.3, -0.25) is 4.79 Å². The summed E-state index contributed by atoms with van der Waals surface area (Å²) >= 11 is 0. The lowest BCUT2D eigenvalue weighted by Gasteiger charge is -2.41. The number of aromatic nitrogens is 4. The Morgan fingerprint density at radius 3 is 2.43 bits per heavy atom. The van der Waals surface area contributed by atoms with Gasteiger partial charge in [-0.25, -0.2) is 9.97 Å². The van der Waals surface area contributed by atoms with E-state index < -0.39 is 5.60 Å². The van der Waals surface area contributed by atoms with E-state index in [4.69, 9.17) is 9.72 Å². The zero-order valence-corrected chi connectivity index (χ0v) is 27.2. The monoisotopic (exact) mass is 662 g/mol. The lowest BCUT2D eigenvalue weighted by atomic mass is 9.80. The van der Waals surface area contributed by atoms with Gasteiger partial charge in [0.15, 0.2) is 5.69 Å². The summed E-state index contributed by atoms with van der Waals surface area (Å²) in [5.74, 6) is -0.0958. The second-order valence-corrected chi connectivity index (χ2v) is 11.2. The van der Waals surface area contributed by atoms with Gasteiger partial charge in [0, 0.05) is 38.9 Å². The Morgan fingerprint density at radius 1 is 1.02 bits per heavy atom. The van der Waals surface area contributed by atoms with Gasteiger partial charge in [-0.2, -0.15) is 0 Å². The van der Waals surface area contributed by atoms with Crippen LogP contribution in [0, 0.1) is 0 Å². The number of piperazine rings is 1. The molecule has 44 heavy (non-hydrogen) atoms. The zero-order valence-electron chi connectivity index (χ0n) is 24.7. The molecular weight excluding hydrogens is 623 g/mol. The van der Waals surface area contributed by atoms with Gasteiger partial charge < -0.3 is 29.2 Å². The summed E-state index contributed by atoms with van der Waals surface area (Å²) in [4.78, 5) is 25.5. The lowest BCUT2D eigenvalue weighted by molar-refractivity contribution is -0.0893. The van der Waals surface area contributed by atoms with Gasteiger partial charge in [-0.15, -0.1) is 37.2 Å². The average Bonchev–Trinajstić information content (AvgIpc) is 3.66.